The van der Waals surface area contributed by atoms with Gasteiger partial charge in [-0.15, -0.1) is 0 Å². The monoisotopic (exact) mass is 557 g/mol. The molecule has 1 aliphatic carbocycles. The molecule has 0 heterocycles. The number of likely N-dealkylation sites (N-methyl/N-ethyl adjacent to an activating group) is 1. The molecule has 1 amide bonds. The molecular formula is C21H31N3O3W-2. The minimum Gasteiger partial charge on any atom is -0.462 e. The zero-order valence-corrected chi connectivity index (χ0v) is 20.7. The first-order valence-electron chi connectivity index (χ1n) is 8.64. The molecule has 1 fully saturated rings. The second kappa shape index (κ2) is 12.0. The van der Waals surface area contributed by atoms with Gasteiger partial charge in [0.1, 0.15) is 5.54 Å². The molecule has 0 aliphatic heterocycles. The van der Waals surface area contributed by atoms with Crippen LogP contribution in [0, 0.1) is 33.1 Å². The quantitative estimate of drug-likeness (QED) is 0.426. The van der Waals surface area contributed by atoms with Crippen molar-refractivity contribution in [3.63, 3.8) is 0 Å². The number of ether oxygens (including phenoxy) is 1. The zero-order chi connectivity index (χ0) is 18.6. The SMILES string of the molecule is CCOC(=O)c1cc(C#N)cc(C)c1NC(=O)C1(N(C)CC)CCC1.[CH3-].[CH3-].[W]. The Morgan fingerprint density at radius 2 is 1.89 bits per heavy atom. The Morgan fingerprint density at radius 1 is 1.29 bits per heavy atom. The first kappa shape index (κ1) is 28.5. The molecule has 1 saturated carbocycles. The van der Waals surface area contributed by atoms with Crippen molar-refractivity contribution < 1.29 is 35.4 Å². The molecule has 6 nitrogen and oxygen atoms in total. The molecule has 1 aromatic rings. The Balaban J connectivity index is 0. The fraction of sp³-hybridized carbons (Fsp3) is 0.476. The van der Waals surface area contributed by atoms with Crippen molar-refractivity contribution >= 4 is 17.6 Å². The summed E-state index contributed by atoms with van der Waals surface area (Å²) in [6.07, 6.45) is 2.61. The van der Waals surface area contributed by atoms with E-state index in [1.165, 1.54) is 6.07 Å². The average molecular weight is 557 g/mol. The molecule has 156 valence electrons. The molecule has 1 aromatic carbocycles. The van der Waals surface area contributed by atoms with E-state index in [2.05, 4.69) is 10.2 Å². The van der Waals surface area contributed by atoms with E-state index in [0.29, 0.717) is 16.8 Å². The molecule has 28 heavy (non-hydrogen) atoms. The summed E-state index contributed by atoms with van der Waals surface area (Å²) in [5, 5.41) is 12.1. The van der Waals surface area contributed by atoms with Crippen LogP contribution in [0.4, 0.5) is 5.69 Å². The normalized spacial score (nSPS) is 13.6. The molecule has 2 rings (SSSR count). The smallest absolute Gasteiger partial charge is 0.340 e. The van der Waals surface area contributed by atoms with E-state index in [0.717, 1.165) is 25.8 Å². The molecule has 0 bridgehead atoms. The number of rotatable bonds is 6. The maximum absolute atomic E-state index is 13.0. The summed E-state index contributed by atoms with van der Waals surface area (Å²) in [5.74, 6) is -0.647. The van der Waals surface area contributed by atoms with E-state index in [4.69, 9.17) is 10.00 Å². The van der Waals surface area contributed by atoms with E-state index in [-0.39, 0.29) is 54.0 Å². The Bertz CT molecular complexity index is 724. The van der Waals surface area contributed by atoms with Crippen LogP contribution in [0.3, 0.4) is 0 Å². The minimum absolute atomic E-state index is 0. The third-order valence-corrected chi connectivity index (χ3v) is 5.01. The molecule has 1 N–H and O–H groups in total. The summed E-state index contributed by atoms with van der Waals surface area (Å²) >= 11 is 0. The van der Waals surface area contributed by atoms with Crippen LogP contribution in [0.2, 0.25) is 0 Å². The third kappa shape index (κ3) is 5.43. The van der Waals surface area contributed by atoms with Gasteiger partial charge in [0, 0.05) is 21.1 Å². The second-order valence-electron chi connectivity index (χ2n) is 6.40. The third-order valence-electron chi connectivity index (χ3n) is 5.01. The maximum Gasteiger partial charge on any atom is 0.340 e. The first-order valence-corrected chi connectivity index (χ1v) is 8.64. The van der Waals surface area contributed by atoms with Crippen molar-refractivity contribution in [1.82, 2.24) is 4.90 Å². The second-order valence-corrected chi connectivity index (χ2v) is 6.40. The van der Waals surface area contributed by atoms with Gasteiger partial charge in [-0.2, -0.15) is 5.26 Å². The van der Waals surface area contributed by atoms with Crippen molar-refractivity contribution in [3.05, 3.63) is 43.7 Å². The van der Waals surface area contributed by atoms with Gasteiger partial charge in [0.2, 0.25) is 5.91 Å². The van der Waals surface area contributed by atoms with Crippen LogP contribution in [-0.4, -0.2) is 42.5 Å². The number of benzene rings is 1. The van der Waals surface area contributed by atoms with Gasteiger partial charge in [0.05, 0.1) is 29.5 Å². The molecule has 0 aromatic heterocycles. The van der Waals surface area contributed by atoms with Crippen LogP contribution in [0.25, 0.3) is 0 Å². The summed E-state index contributed by atoms with van der Waals surface area (Å²) in [5.41, 5.74) is 1.16. The van der Waals surface area contributed by atoms with Gasteiger partial charge < -0.3 is 24.9 Å². The predicted octanol–water partition coefficient (Wildman–Crippen LogP) is 3.75. The number of nitrogens with one attached hydrogen (secondary N) is 1. The van der Waals surface area contributed by atoms with Gasteiger partial charge >= 0.3 is 5.97 Å². The van der Waals surface area contributed by atoms with Gasteiger partial charge in [-0.25, -0.2) is 4.79 Å². The van der Waals surface area contributed by atoms with Gasteiger partial charge in [-0.05, 0) is 64.4 Å². The van der Waals surface area contributed by atoms with Gasteiger partial charge in [0.15, 0.2) is 0 Å². The van der Waals surface area contributed by atoms with E-state index < -0.39 is 11.5 Å². The number of nitriles is 1. The summed E-state index contributed by atoms with van der Waals surface area (Å²) < 4.78 is 5.09. The van der Waals surface area contributed by atoms with Crippen LogP contribution in [0.15, 0.2) is 12.1 Å². The van der Waals surface area contributed by atoms with Crippen molar-refractivity contribution in [1.29, 1.82) is 5.26 Å². The zero-order valence-electron chi connectivity index (χ0n) is 17.7. The maximum atomic E-state index is 13.0. The van der Waals surface area contributed by atoms with E-state index >= 15 is 0 Å². The number of esters is 1. The van der Waals surface area contributed by atoms with Gasteiger partial charge in [-0.3, -0.25) is 9.69 Å². The number of aryl methyl sites for hydroxylation is 1. The van der Waals surface area contributed by atoms with Crippen molar-refractivity contribution in [2.45, 2.75) is 45.6 Å². The molecule has 7 heteroatoms. The van der Waals surface area contributed by atoms with Crippen LogP contribution in [0.1, 0.15) is 54.6 Å². The van der Waals surface area contributed by atoms with E-state index in [1.54, 1.807) is 19.9 Å². The van der Waals surface area contributed by atoms with Crippen LogP contribution < -0.4 is 5.32 Å². The number of carbonyl (C=O) groups is 2. The standard InChI is InChI=1S/C19H25N3O3.2CH3.W/c1-5-22(4)19(8-7-9-19)18(24)21-16-13(3)10-14(12-20)11-15(16)17(23)25-6-2;;;/h10-11H,5-9H2,1-4H3,(H,21,24);2*1H3;/q;2*-1;. The summed E-state index contributed by atoms with van der Waals surface area (Å²) in [6, 6.07) is 5.17. The topological polar surface area (TPSA) is 82.4 Å². The molecule has 0 atom stereocenters. The van der Waals surface area contributed by atoms with Crippen molar-refractivity contribution in [3.8, 4) is 6.07 Å². The van der Waals surface area contributed by atoms with Crippen LogP contribution in [-0.2, 0) is 30.6 Å². The minimum atomic E-state index is -0.537. The van der Waals surface area contributed by atoms with Crippen molar-refractivity contribution in [2.24, 2.45) is 0 Å². The number of anilines is 1. The predicted molar refractivity (Wildman–Crippen MR) is 108 cm³/mol. The van der Waals surface area contributed by atoms with Crippen LogP contribution >= 0.6 is 0 Å². The summed E-state index contributed by atoms with van der Waals surface area (Å²) in [7, 11) is 1.94. The Kier molecular flexibility index (Phi) is 12.2. The molecule has 0 saturated heterocycles. The molecule has 0 radical (unpaired) electrons. The van der Waals surface area contributed by atoms with Crippen molar-refractivity contribution in [2.75, 3.05) is 25.5 Å². The Labute approximate surface area is 183 Å². The van der Waals surface area contributed by atoms with Gasteiger partial charge in [-0.1, -0.05) is 6.92 Å². The largest absolute Gasteiger partial charge is 0.462 e. The Morgan fingerprint density at radius 3 is 2.32 bits per heavy atom. The Hall–Kier alpha value is -1.70. The number of carbonyl (C=O) groups excluding carboxylic acids is 2. The molecular weight excluding hydrogens is 526 g/mol. The summed E-state index contributed by atoms with van der Waals surface area (Å²) in [4.78, 5) is 27.3. The number of amides is 1. The number of nitrogens with zero attached hydrogens (tertiary/aromatic N) is 2. The number of hydrogen-bond donors (Lipinski definition) is 1. The van der Waals surface area contributed by atoms with Crippen LogP contribution in [0.5, 0.6) is 0 Å². The molecule has 1 aliphatic rings. The fourth-order valence-electron chi connectivity index (χ4n) is 3.21. The van der Waals surface area contributed by atoms with E-state index in [1.807, 2.05) is 20.0 Å². The average Bonchev–Trinajstić information content (AvgIpc) is 2.55. The van der Waals surface area contributed by atoms with E-state index in [9.17, 15) is 9.59 Å². The van der Waals surface area contributed by atoms with Gasteiger partial charge in [0.25, 0.3) is 0 Å². The first-order chi connectivity index (χ1) is 11.9. The summed E-state index contributed by atoms with van der Waals surface area (Å²) in [6.45, 7) is 6.51. The molecule has 0 unspecified atom stereocenters. The molecule has 0 spiro atoms. The number of hydrogen-bond acceptors (Lipinski definition) is 5. The fourth-order valence-corrected chi connectivity index (χ4v) is 3.21.